The Bertz CT molecular complexity index is 1220. The number of carbonyl (C=O) groups excluding carboxylic acids is 1. The normalized spacial score (nSPS) is 18.5. The van der Waals surface area contributed by atoms with Gasteiger partial charge in [0.2, 0.25) is 0 Å². The molecule has 1 saturated carbocycles. The molecule has 2 unspecified atom stereocenters. The number of fused-ring (bicyclic) bond motifs is 1. The van der Waals surface area contributed by atoms with Crippen LogP contribution in [0, 0.1) is 17.7 Å². The van der Waals surface area contributed by atoms with E-state index < -0.39 is 6.10 Å². The Morgan fingerprint density at radius 2 is 1.91 bits per heavy atom. The van der Waals surface area contributed by atoms with Gasteiger partial charge in [0.1, 0.15) is 18.2 Å². The molecule has 2 aromatic carbocycles. The number of esters is 1. The summed E-state index contributed by atoms with van der Waals surface area (Å²) in [6.45, 7) is 2.24. The average molecular weight is 478 g/mol. The molecule has 0 bridgehead atoms. The van der Waals surface area contributed by atoms with Crippen molar-refractivity contribution in [3.05, 3.63) is 71.8 Å². The van der Waals surface area contributed by atoms with E-state index in [0.29, 0.717) is 46.6 Å². The first-order chi connectivity index (χ1) is 17.0. The van der Waals surface area contributed by atoms with Crippen LogP contribution in [-0.2, 0) is 9.53 Å². The van der Waals surface area contributed by atoms with Crippen molar-refractivity contribution in [1.29, 1.82) is 0 Å². The largest absolute Gasteiger partial charge is 0.497 e. The Kier molecular flexibility index (Phi) is 6.32. The van der Waals surface area contributed by atoms with Crippen molar-refractivity contribution in [3.63, 3.8) is 0 Å². The third-order valence-electron chi connectivity index (χ3n) is 6.85. The van der Waals surface area contributed by atoms with Crippen LogP contribution in [0.5, 0.6) is 17.2 Å². The predicted molar refractivity (Wildman–Crippen MR) is 128 cm³/mol. The van der Waals surface area contributed by atoms with Gasteiger partial charge in [0.25, 0.3) is 0 Å². The SMILES string of the molecule is COC(=O)[C@@H](C)C(c1ccc2c(c1)OC(c1ccc(-c3cc(OC)ccc3F)cn1)CO2)C1CC1. The molecule has 0 saturated heterocycles. The number of pyridine rings is 1. The van der Waals surface area contributed by atoms with Gasteiger partial charge >= 0.3 is 5.97 Å². The second-order valence-electron chi connectivity index (χ2n) is 9.12. The number of rotatable bonds is 7. The molecule has 1 aliphatic carbocycles. The van der Waals surface area contributed by atoms with E-state index in [4.69, 9.17) is 18.9 Å². The minimum absolute atomic E-state index is 0.0758. The first-order valence-electron chi connectivity index (χ1n) is 11.8. The molecule has 7 heteroatoms. The number of halogens is 1. The highest BCUT2D eigenvalue weighted by Crippen LogP contribution is 2.49. The van der Waals surface area contributed by atoms with Crippen LogP contribution in [0.1, 0.15) is 43.0 Å². The van der Waals surface area contributed by atoms with Crippen molar-refractivity contribution in [3.8, 4) is 28.4 Å². The smallest absolute Gasteiger partial charge is 0.309 e. The Morgan fingerprint density at radius 3 is 2.60 bits per heavy atom. The molecule has 2 aliphatic rings. The highest BCUT2D eigenvalue weighted by atomic mass is 19.1. The molecule has 2 heterocycles. The monoisotopic (exact) mass is 477 g/mol. The lowest BCUT2D eigenvalue weighted by Gasteiger charge is -2.28. The minimum atomic E-state index is -0.403. The maximum atomic E-state index is 14.3. The molecular formula is C28H28FNO5. The van der Waals surface area contributed by atoms with Gasteiger partial charge in [-0.1, -0.05) is 19.1 Å². The van der Waals surface area contributed by atoms with Crippen molar-refractivity contribution in [1.82, 2.24) is 4.98 Å². The van der Waals surface area contributed by atoms with Gasteiger partial charge in [0, 0.05) is 17.3 Å². The van der Waals surface area contributed by atoms with Gasteiger partial charge in [-0.3, -0.25) is 9.78 Å². The van der Waals surface area contributed by atoms with E-state index in [-0.39, 0.29) is 23.6 Å². The first kappa shape index (κ1) is 23.1. The van der Waals surface area contributed by atoms with Crippen LogP contribution in [0.25, 0.3) is 11.1 Å². The molecular weight excluding hydrogens is 449 g/mol. The summed E-state index contributed by atoms with van der Waals surface area (Å²) in [6, 6.07) is 14.1. The van der Waals surface area contributed by atoms with Crippen LogP contribution in [-0.4, -0.2) is 31.8 Å². The number of carbonyl (C=O) groups is 1. The lowest BCUT2D eigenvalue weighted by molar-refractivity contribution is -0.145. The Balaban J connectivity index is 1.37. The molecule has 0 spiro atoms. The van der Waals surface area contributed by atoms with Crippen molar-refractivity contribution >= 4 is 5.97 Å². The summed E-state index contributed by atoms with van der Waals surface area (Å²) < 4.78 is 36.8. The fourth-order valence-electron chi connectivity index (χ4n) is 4.81. The van der Waals surface area contributed by atoms with E-state index in [1.807, 2.05) is 37.3 Å². The number of methoxy groups -OCH3 is 2. The predicted octanol–water partition coefficient (Wildman–Crippen LogP) is 5.71. The van der Waals surface area contributed by atoms with Crippen LogP contribution in [0.2, 0.25) is 0 Å². The number of hydrogen-bond donors (Lipinski definition) is 0. The van der Waals surface area contributed by atoms with Crippen LogP contribution in [0.4, 0.5) is 4.39 Å². The van der Waals surface area contributed by atoms with E-state index in [0.717, 1.165) is 18.4 Å². The second-order valence-corrected chi connectivity index (χ2v) is 9.12. The molecule has 1 fully saturated rings. The number of ether oxygens (including phenoxy) is 4. The molecule has 0 amide bonds. The van der Waals surface area contributed by atoms with Crippen LogP contribution in [0.15, 0.2) is 54.7 Å². The lowest BCUT2D eigenvalue weighted by Crippen LogP contribution is -2.24. The summed E-state index contributed by atoms with van der Waals surface area (Å²) in [6.07, 6.45) is 3.43. The zero-order valence-electron chi connectivity index (χ0n) is 20.0. The van der Waals surface area contributed by atoms with E-state index >= 15 is 0 Å². The molecule has 6 nitrogen and oxygen atoms in total. The van der Waals surface area contributed by atoms with Crippen molar-refractivity contribution in [2.45, 2.75) is 31.8 Å². The fraction of sp³-hybridized carbons (Fsp3) is 0.357. The highest BCUT2D eigenvalue weighted by molar-refractivity contribution is 5.73. The minimum Gasteiger partial charge on any atom is -0.497 e. The van der Waals surface area contributed by atoms with Gasteiger partial charge in [-0.2, -0.15) is 0 Å². The Morgan fingerprint density at radius 1 is 1.09 bits per heavy atom. The third-order valence-corrected chi connectivity index (χ3v) is 6.85. The molecule has 1 aliphatic heterocycles. The number of benzene rings is 2. The van der Waals surface area contributed by atoms with Crippen LogP contribution < -0.4 is 14.2 Å². The van der Waals surface area contributed by atoms with Gasteiger partial charge in [0.15, 0.2) is 17.6 Å². The Hall–Kier alpha value is -3.61. The average Bonchev–Trinajstić information content (AvgIpc) is 3.73. The Labute approximate surface area is 204 Å². The van der Waals surface area contributed by atoms with Gasteiger partial charge in [-0.05, 0) is 66.6 Å². The fourth-order valence-corrected chi connectivity index (χ4v) is 4.81. The zero-order chi connectivity index (χ0) is 24.5. The van der Waals surface area contributed by atoms with Crippen LogP contribution >= 0.6 is 0 Å². The number of aromatic nitrogens is 1. The molecule has 1 aromatic heterocycles. The van der Waals surface area contributed by atoms with Gasteiger partial charge in [0.05, 0.1) is 25.8 Å². The molecule has 35 heavy (non-hydrogen) atoms. The quantitative estimate of drug-likeness (QED) is 0.406. The van der Waals surface area contributed by atoms with Crippen molar-refractivity contribution in [2.24, 2.45) is 11.8 Å². The summed E-state index contributed by atoms with van der Waals surface area (Å²) in [5.41, 5.74) is 2.80. The molecule has 3 aromatic rings. The van der Waals surface area contributed by atoms with E-state index in [2.05, 4.69) is 4.98 Å². The summed E-state index contributed by atoms with van der Waals surface area (Å²) in [7, 11) is 2.98. The summed E-state index contributed by atoms with van der Waals surface area (Å²) in [5.74, 6) is 1.63. The molecule has 3 atom stereocenters. The maximum absolute atomic E-state index is 14.3. The zero-order valence-corrected chi connectivity index (χ0v) is 20.0. The van der Waals surface area contributed by atoms with E-state index in [9.17, 15) is 9.18 Å². The standard InChI is InChI=1S/C28H28FNO5/c1-16(28(31)33-3)27(17-4-5-17)18-7-11-24-25(12-18)35-26(15-34-24)23-10-6-19(14-30-23)21-13-20(32-2)8-9-22(21)29/h6-14,16-17,26-27H,4-5,15H2,1-3H3/t16-,26?,27?/m0/s1. The topological polar surface area (TPSA) is 66.9 Å². The maximum Gasteiger partial charge on any atom is 0.309 e. The number of hydrogen-bond acceptors (Lipinski definition) is 6. The van der Waals surface area contributed by atoms with E-state index in [1.54, 1.807) is 25.4 Å². The third kappa shape index (κ3) is 4.67. The van der Waals surface area contributed by atoms with Gasteiger partial charge in [-0.25, -0.2) is 4.39 Å². The van der Waals surface area contributed by atoms with E-state index in [1.165, 1.54) is 13.2 Å². The molecule has 0 N–H and O–H groups in total. The van der Waals surface area contributed by atoms with Crippen molar-refractivity contribution in [2.75, 3.05) is 20.8 Å². The second kappa shape index (κ2) is 9.56. The van der Waals surface area contributed by atoms with Gasteiger partial charge < -0.3 is 18.9 Å². The molecule has 0 radical (unpaired) electrons. The molecule has 5 rings (SSSR count). The lowest BCUT2D eigenvalue weighted by atomic mass is 9.83. The highest BCUT2D eigenvalue weighted by Gasteiger charge is 2.39. The van der Waals surface area contributed by atoms with Crippen LogP contribution in [0.3, 0.4) is 0 Å². The number of nitrogens with zero attached hydrogens (tertiary/aromatic N) is 1. The summed E-state index contributed by atoms with van der Waals surface area (Å²) in [5, 5.41) is 0. The molecule has 182 valence electrons. The summed E-state index contributed by atoms with van der Waals surface area (Å²) in [4.78, 5) is 16.8. The van der Waals surface area contributed by atoms with Gasteiger partial charge in [-0.15, -0.1) is 0 Å². The summed E-state index contributed by atoms with van der Waals surface area (Å²) >= 11 is 0. The van der Waals surface area contributed by atoms with Crippen molar-refractivity contribution < 1.29 is 28.1 Å². The first-order valence-corrected chi connectivity index (χ1v) is 11.8.